The summed E-state index contributed by atoms with van der Waals surface area (Å²) in [4.78, 5) is 34.4. The zero-order chi connectivity index (χ0) is 20.0. The minimum Gasteiger partial charge on any atom is -0.452 e. The molecule has 2 rings (SSSR count). The van der Waals surface area contributed by atoms with Crippen molar-refractivity contribution in [1.82, 2.24) is 0 Å². The van der Waals surface area contributed by atoms with Crippen LogP contribution in [0.2, 0.25) is 5.02 Å². The quantitative estimate of drug-likeness (QED) is 0.750. The first-order valence-corrected chi connectivity index (χ1v) is 7.74. The van der Waals surface area contributed by atoms with Gasteiger partial charge in [0.25, 0.3) is 5.91 Å². The molecule has 0 unspecified atom stereocenters. The van der Waals surface area contributed by atoms with Crippen LogP contribution in [0.3, 0.4) is 0 Å². The monoisotopic (exact) mass is 400 g/mol. The van der Waals surface area contributed by atoms with Crippen molar-refractivity contribution in [2.75, 3.05) is 17.2 Å². The van der Waals surface area contributed by atoms with Crippen LogP contribution < -0.4 is 10.6 Å². The summed E-state index contributed by atoms with van der Waals surface area (Å²) in [5.41, 5.74) is 0.318. The summed E-state index contributed by atoms with van der Waals surface area (Å²) in [5.74, 6) is -3.56. The Labute approximate surface area is 156 Å². The fourth-order valence-electron chi connectivity index (χ4n) is 1.84. The predicted molar refractivity (Wildman–Crippen MR) is 91.5 cm³/mol. The second-order valence-electron chi connectivity index (χ2n) is 5.16. The van der Waals surface area contributed by atoms with Gasteiger partial charge in [-0.2, -0.15) is 13.2 Å². The molecule has 2 amide bonds. The second kappa shape index (κ2) is 8.54. The molecule has 2 N–H and O–H groups in total. The molecule has 6 nitrogen and oxygen atoms in total. The summed E-state index contributed by atoms with van der Waals surface area (Å²) in [7, 11) is 0. The van der Waals surface area contributed by atoms with Crippen molar-refractivity contribution in [2.45, 2.75) is 6.18 Å². The molecular formula is C17H12ClF3N2O4. The summed E-state index contributed by atoms with van der Waals surface area (Å²) in [6, 6.07) is 10.8. The van der Waals surface area contributed by atoms with Crippen molar-refractivity contribution in [1.29, 1.82) is 0 Å². The van der Waals surface area contributed by atoms with Crippen molar-refractivity contribution in [2.24, 2.45) is 0 Å². The van der Waals surface area contributed by atoms with Crippen LogP contribution in [0.15, 0.2) is 48.5 Å². The minimum absolute atomic E-state index is 0.000648. The lowest BCUT2D eigenvalue weighted by Gasteiger charge is -2.09. The van der Waals surface area contributed by atoms with E-state index in [1.165, 1.54) is 0 Å². The van der Waals surface area contributed by atoms with Gasteiger partial charge in [-0.05, 0) is 48.5 Å². The zero-order valence-corrected chi connectivity index (χ0v) is 14.2. The lowest BCUT2D eigenvalue weighted by Crippen LogP contribution is -2.29. The van der Waals surface area contributed by atoms with Crippen LogP contribution in [0.4, 0.5) is 24.5 Å². The summed E-state index contributed by atoms with van der Waals surface area (Å²) in [5, 5.41) is 4.63. The number of esters is 1. The maximum Gasteiger partial charge on any atom is 0.471 e. The number of benzene rings is 2. The van der Waals surface area contributed by atoms with Gasteiger partial charge in [0.05, 0.1) is 5.56 Å². The van der Waals surface area contributed by atoms with E-state index in [-0.39, 0.29) is 11.3 Å². The highest BCUT2D eigenvalue weighted by Crippen LogP contribution is 2.19. The van der Waals surface area contributed by atoms with E-state index in [4.69, 9.17) is 16.3 Å². The Bertz CT molecular complexity index is 837. The first-order chi connectivity index (χ1) is 12.6. The van der Waals surface area contributed by atoms with Crippen molar-refractivity contribution >= 4 is 40.8 Å². The predicted octanol–water partition coefficient (Wildman–Crippen LogP) is 3.64. The highest BCUT2D eigenvalue weighted by atomic mass is 35.5. The highest BCUT2D eigenvalue weighted by molar-refractivity contribution is 6.30. The van der Waals surface area contributed by atoms with E-state index in [9.17, 15) is 27.6 Å². The van der Waals surface area contributed by atoms with Gasteiger partial charge >= 0.3 is 18.1 Å². The average molecular weight is 401 g/mol. The Morgan fingerprint density at radius 3 is 1.96 bits per heavy atom. The van der Waals surface area contributed by atoms with Gasteiger partial charge in [0.1, 0.15) is 0 Å². The molecule has 27 heavy (non-hydrogen) atoms. The largest absolute Gasteiger partial charge is 0.471 e. The SMILES string of the molecule is O=C(COC(=O)c1ccc(NC(=O)C(F)(F)F)cc1)Nc1ccc(Cl)cc1. The van der Waals surface area contributed by atoms with Crippen LogP contribution in [-0.2, 0) is 14.3 Å². The zero-order valence-electron chi connectivity index (χ0n) is 13.5. The Morgan fingerprint density at radius 1 is 0.889 bits per heavy atom. The molecule has 0 aromatic heterocycles. The maximum atomic E-state index is 12.2. The molecule has 0 aliphatic heterocycles. The third kappa shape index (κ3) is 6.30. The molecule has 0 aliphatic carbocycles. The van der Waals surface area contributed by atoms with E-state index in [2.05, 4.69) is 5.32 Å². The third-order valence-corrected chi connectivity index (χ3v) is 3.35. The van der Waals surface area contributed by atoms with Crippen LogP contribution in [0.25, 0.3) is 0 Å². The van der Waals surface area contributed by atoms with Crippen molar-refractivity contribution in [3.63, 3.8) is 0 Å². The number of hydrogen-bond donors (Lipinski definition) is 2. The normalized spacial score (nSPS) is 10.8. The first-order valence-electron chi connectivity index (χ1n) is 7.36. The fourth-order valence-corrected chi connectivity index (χ4v) is 1.96. The van der Waals surface area contributed by atoms with Crippen molar-refractivity contribution < 1.29 is 32.3 Å². The molecule has 2 aromatic rings. The molecule has 0 atom stereocenters. The van der Waals surface area contributed by atoms with E-state index in [0.29, 0.717) is 10.7 Å². The van der Waals surface area contributed by atoms with E-state index in [1.54, 1.807) is 29.6 Å². The Morgan fingerprint density at radius 2 is 1.41 bits per heavy atom. The molecule has 0 saturated heterocycles. The summed E-state index contributed by atoms with van der Waals surface area (Å²) in [6.07, 6.45) is -5.02. The second-order valence-corrected chi connectivity index (χ2v) is 5.60. The number of ether oxygens (including phenoxy) is 1. The number of carbonyl (C=O) groups is 3. The Kier molecular flexibility index (Phi) is 6.40. The van der Waals surface area contributed by atoms with Gasteiger partial charge in [-0.25, -0.2) is 4.79 Å². The van der Waals surface area contributed by atoms with Crippen LogP contribution in [-0.4, -0.2) is 30.6 Å². The van der Waals surface area contributed by atoms with Gasteiger partial charge in [-0.1, -0.05) is 11.6 Å². The van der Waals surface area contributed by atoms with Gasteiger partial charge < -0.3 is 15.4 Å². The molecule has 0 heterocycles. The maximum absolute atomic E-state index is 12.2. The van der Waals surface area contributed by atoms with Gasteiger partial charge in [0, 0.05) is 16.4 Å². The van der Waals surface area contributed by atoms with Gasteiger partial charge in [0.2, 0.25) is 0 Å². The van der Waals surface area contributed by atoms with Gasteiger partial charge in [-0.3, -0.25) is 9.59 Å². The number of rotatable bonds is 5. The molecule has 0 radical (unpaired) electrons. The lowest BCUT2D eigenvalue weighted by atomic mass is 10.2. The summed E-state index contributed by atoms with van der Waals surface area (Å²) >= 11 is 5.72. The Hall–Kier alpha value is -3.07. The van der Waals surface area contributed by atoms with E-state index >= 15 is 0 Å². The van der Waals surface area contributed by atoms with Gasteiger partial charge in [0.15, 0.2) is 6.61 Å². The smallest absolute Gasteiger partial charge is 0.452 e. The molecular weight excluding hydrogens is 389 g/mol. The molecule has 0 spiro atoms. The molecule has 2 aromatic carbocycles. The number of amides is 2. The highest BCUT2D eigenvalue weighted by Gasteiger charge is 2.38. The van der Waals surface area contributed by atoms with E-state index in [0.717, 1.165) is 24.3 Å². The summed E-state index contributed by atoms with van der Waals surface area (Å²) in [6.45, 7) is -0.561. The molecule has 142 valence electrons. The van der Waals surface area contributed by atoms with Crippen molar-refractivity contribution in [3.8, 4) is 0 Å². The molecule has 0 fully saturated rings. The molecule has 0 saturated carbocycles. The number of carbonyl (C=O) groups excluding carboxylic acids is 3. The third-order valence-electron chi connectivity index (χ3n) is 3.10. The average Bonchev–Trinajstić information content (AvgIpc) is 2.61. The van der Waals surface area contributed by atoms with Crippen molar-refractivity contribution in [3.05, 3.63) is 59.1 Å². The topological polar surface area (TPSA) is 84.5 Å². The summed E-state index contributed by atoms with van der Waals surface area (Å²) < 4.78 is 41.3. The number of hydrogen-bond acceptors (Lipinski definition) is 4. The number of nitrogens with one attached hydrogen (secondary N) is 2. The van der Waals surface area contributed by atoms with Crippen LogP contribution >= 0.6 is 11.6 Å². The van der Waals surface area contributed by atoms with Crippen LogP contribution in [0, 0.1) is 0 Å². The van der Waals surface area contributed by atoms with Gasteiger partial charge in [-0.15, -0.1) is 0 Å². The number of alkyl halides is 3. The number of halogens is 4. The number of anilines is 2. The molecule has 0 bridgehead atoms. The lowest BCUT2D eigenvalue weighted by molar-refractivity contribution is -0.167. The fraction of sp³-hybridized carbons (Fsp3) is 0.118. The Balaban J connectivity index is 1.85. The minimum atomic E-state index is -5.02. The molecule has 10 heteroatoms. The van der Waals surface area contributed by atoms with Crippen LogP contribution in [0.1, 0.15) is 10.4 Å². The van der Waals surface area contributed by atoms with E-state index < -0.39 is 30.6 Å². The first kappa shape index (κ1) is 20.2. The standard InChI is InChI=1S/C17H12ClF3N2O4/c18-11-3-7-12(8-4-11)22-14(24)9-27-15(25)10-1-5-13(6-2-10)23-16(26)17(19,20)21/h1-8H,9H2,(H,22,24)(H,23,26). The molecule has 0 aliphatic rings. The van der Waals surface area contributed by atoms with Crippen LogP contribution in [0.5, 0.6) is 0 Å². The van der Waals surface area contributed by atoms with E-state index in [1.807, 2.05) is 0 Å².